The average Bonchev–Trinajstić information content (AvgIpc) is 3.35. The smallest absolute Gasteiger partial charge is 0.241 e. The molecule has 1 N–H and O–H groups in total. The van der Waals surface area contributed by atoms with Crippen molar-refractivity contribution in [2.24, 2.45) is 0 Å². The molecule has 0 atom stereocenters. The van der Waals surface area contributed by atoms with Gasteiger partial charge in [0.25, 0.3) is 0 Å². The fraction of sp³-hybridized carbons (Fsp3) is 0.400. The molecule has 8 nitrogen and oxygen atoms in total. The highest BCUT2D eigenvalue weighted by Crippen LogP contribution is 2.25. The van der Waals surface area contributed by atoms with Crippen molar-refractivity contribution in [3.8, 4) is 11.3 Å². The van der Waals surface area contributed by atoms with Crippen LogP contribution in [0.4, 0.5) is 5.95 Å². The second kappa shape index (κ2) is 7.20. The van der Waals surface area contributed by atoms with Crippen LogP contribution >= 0.6 is 0 Å². The minimum Gasteiger partial charge on any atom is -0.379 e. The quantitative estimate of drug-likeness (QED) is 0.575. The second-order valence-corrected chi connectivity index (χ2v) is 7.16. The Kier molecular flexibility index (Phi) is 4.40. The van der Waals surface area contributed by atoms with Gasteiger partial charge >= 0.3 is 0 Å². The first-order chi connectivity index (χ1) is 13.8. The van der Waals surface area contributed by atoms with E-state index in [1.54, 1.807) is 10.7 Å². The second-order valence-electron chi connectivity index (χ2n) is 7.16. The summed E-state index contributed by atoms with van der Waals surface area (Å²) in [5.74, 6) is 0.660. The summed E-state index contributed by atoms with van der Waals surface area (Å²) in [7, 11) is 0. The minimum absolute atomic E-state index is 0.398. The van der Waals surface area contributed by atoms with Crippen molar-refractivity contribution >= 4 is 17.1 Å². The van der Waals surface area contributed by atoms with Crippen molar-refractivity contribution in [1.29, 1.82) is 0 Å². The first-order valence-corrected chi connectivity index (χ1v) is 9.83. The van der Waals surface area contributed by atoms with Crippen molar-refractivity contribution < 1.29 is 4.74 Å². The molecule has 0 unspecified atom stereocenters. The first kappa shape index (κ1) is 17.1. The zero-order chi connectivity index (χ0) is 18.9. The van der Waals surface area contributed by atoms with Crippen LogP contribution in [-0.2, 0) is 4.74 Å². The van der Waals surface area contributed by atoms with Crippen LogP contribution in [0.15, 0.2) is 43.0 Å². The van der Waals surface area contributed by atoms with Gasteiger partial charge in [0.1, 0.15) is 0 Å². The van der Waals surface area contributed by atoms with Crippen molar-refractivity contribution in [2.45, 2.75) is 44.8 Å². The molecule has 4 aromatic heterocycles. The summed E-state index contributed by atoms with van der Waals surface area (Å²) in [6.07, 6.45) is 12.1. The number of rotatable bonds is 5. The lowest BCUT2D eigenvalue weighted by Crippen LogP contribution is -2.30. The van der Waals surface area contributed by atoms with Gasteiger partial charge in [-0.3, -0.25) is 0 Å². The third-order valence-corrected chi connectivity index (χ3v) is 5.36. The molecule has 0 spiro atoms. The van der Waals surface area contributed by atoms with Gasteiger partial charge in [-0.1, -0.05) is 0 Å². The Bertz CT molecular complexity index is 1090. The van der Waals surface area contributed by atoms with Crippen LogP contribution in [0.1, 0.15) is 32.6 Å². The topological polar surface area (TPSA) is 81.6 Å². The Morgan fingerprint density at radius 3 is 2.79 bits per heavy atom. The third-order valence-electron chi connectivity index (χ3n) is 5.36. The van der Waals surface area contributed by atoms with Crippen molar-refractivity contribution in [3.05, 3.63) is 43.0 Å². The molecule has 0 saturated heterocycles. The number of imidazole rings is 1. The van der Waals surface area contributed by atoms with E-state index in [0.29, 0.717) is 18.1 Å². The predicted molar refractivity (Wildman–Crippen MR) is 106 cm³/mol. The Hall–Kier alpha value is -3.00. The van der Waals surface area contributed by atoms with Gasteiger partial charge in [-0.2, -0.15) is 5.10 Å². The maximum absolute atomic E-state index is 5.73. The summed E-state index contributed by atoms with van der Waals surface area (Å²) in [6.45, 7) is 2.85. The summed E-state index contributed by atoms with van der Waals surface area (Å²) in [5, 5.41) is 12.7. The lowest BCUT2D eigenvalue weighted by molar-refractivity contribution is 0.0346. The van der Waals surface area contributed by atoms with Gasteiger partial charge in [0.05, 0.1) is 23.5 Å². The molecule has 0 radical (unpaired) electrons. The number of aromatic nitrogens is 6. The molecule has 0 amide bonds. The van der Waals surface area contributed by atoms with Crippen molar-refractivity contribution in [3.63, 3.8) is 0 Å². The summed E-state index contributed by atoms with van der Waals surface area (Å²) in [4.78, 5) is 8.79. The molecule has 1 fully saturated rings. The lowest BCUT2D eigenvalue weighted by atomic mass is 9.93. The minimum atomic E-state index is 0.398. The number of hydrogen-bond donors (Lipinski definition) is 1. The predicted octanol–water partition coefficient (Wildman–Crippen LogP) is 3.20. The van der Waals surface area contributed by atoms with E-state index in [-0.39, 0.29) is 0 Å². The molecule has 144 valence electrons. The normalized spacial score (nSPS) is 20.0. The molecule has 0 aliphatic heterocycles. The van der Waals surface area contributed by atoms with E-state index in [1.807, 2.05) is 41.3 Å². The van der Waals surface area contributed by atoms with Crippen LogP contribution in [0, 0.1) is 0 Å². The van der Waals surface area contributed by atoms with Crippen molar-refractivity contribution in [1.82, 2.24) is 29.2 Å². The van der Waals surface area contributed by atoms with Gasteiger partial charge in [0.15, 0.2) is 5.65 Å². The standard InChI is InChI=1S/C20H23N7O/c1-2-28-15-5-3-14(4-6-15)23-20-22-13-18-16(9-11-26(18)25-20)17-7-8-19-21-10-12-27(19)24-17/h7-15H,2-6H2,1H3,(H,23,25). The highest BCUT2D eigenvalue weighted by Gasteiger charge is 2.22. The molecule has 4 heterocycles. The third kappa shape index (κ3) is 3.20. The van der Waals surface area contributed by atoms with Crippen LogP contribution in [0.2, 0.25) is 0 Å². The molecule has 1 saturated carbocycles. The highest BCUT2D eigenvalue weighted by atomic mass is 16.5. The van der Waals surface area contributed by atoms with E-state index >= 15 is 0 Å². The number of nitrogens with one attached hydrogen (secondary N) is 1. The molecule has 0 bridgehead atoms. The Morgan fingerprint density at radius 2 is 1.93 bits per heavy atom. The Morgan fingerprint density at radius 1 is 1.04 bits per heavy atom. The van der Waals surface area contributed by atoms with Gasteiger partial charge in [-0.05, 0) is 50.8 Å². The number of nitrogens with zero attached hydrogens (tertiary/aromatic N) is 6. The summed E-state index contributed by atoms with van der Waals surface area (Å²) in [5.41, 5.74) is 3.62. The largest absolute Gasteiger partial charge is 0.379 e. The number of fused-ring (bicyclic) bond motifs is 2. The molecule has 28 heavy (non-hydrogen) atoms. The average molecular weight is 377 g/mol. The van der Waals surface area contributed by atoms with E-state index in [4.69, 9.17) is 4.74 Å². The molecule has 4 aromatic rings. The first-order valence-electron chi connectivity index (χ1n) is 9.83. The summed E-state index contributed by atoms with van der Waals surface area (Å²) in [6, 6.07) is 6.35. The van der Waals surface area contributed by atoms with Crippen LogP contribution < -0.4 is 5.32 Å². The number of hydrogen-bond acceptors (Lipinski definition) is 6. The summed E-state index contributed by atoms with van der Waals surface area (Å²) >= 11 is 0. The molecule has 1 aliphatic rings. The highest BCUT2D eigenvalue weighted by molar-refractivity contribution is 5.78. The molecular formula is C20H23N7O. The van der Waals surface area contributed by atoms with Gasteiger partial charge in [0, 0.05) is 36.8 Å². The Labute approximate surface area is 162 Å². The van der Waals surface area contributed by atoms with Crippen LogP contribution in [0.3, 0.4) is 0 Å². The van der Waals surface area contributed by atoms with Gasteiger partial charge in [-0.15, -0.1) is 5.10 Å². The van der Waals surface area contributed by atoms with Gasteiger partial charge < -0.3 is 10.1 Å². The van der Waals surface area contributed by atoms with E-state index < -0.39 is 0 Å². The monoisotopic (exact) mass is 377 g/mol. The van der Waals surface area contributed by atoms with Crippen LogP contribution in [0.25, 0.3) is 22.4 Å². The Balaban J connectivity index is 1.35. The molecule has 5 rings (SSSR count). The van der Waals surface area contributed by atoms with E-state index in [1.165, 1.54) is 0 Å². The number of anilines is 1. The maximum Gasteiger partial charge on any atom is 0.241 e. The maximum atomic E-state index is 5.73. The zero-order valence-electron chi connectivity index (χ0n) is 15.8. The van der Waals surface area contributed by atoms with E-state index in [9.17, 15) is 0 Å². The fourth-order valence-electron chi connectivity index (χ4n) is 3.93. The number of ether oxygens (including phenoxy) is 1. The molecule has 0 aromatic carbocycles. The summed E-state index contributed by atoms with van der Waals surface area (Å²) < 4.78 is 9.36. The lowest BCUT2D eigenvalue weighted by Gasteiger charge is -2.28. The van der Waals surface area contributed by atoms with Crippen LogP contribution in [-0.4, -0.2) is 47.9 Å². The molecule has 1 aliphatic carbocycles. The van der Waals surface area contributed by atoms with Gasteiger partial charge in [-0.25, -0.2) is 19.0 Å². The SMILES string of the molecule is CCOC1CCC(Nc2ncc3c(-c4ccc5nccn5n4)ccn3n2)CC1. The fourth-order valence-corrected chi connectivity index (χ4v) is 3.93. The van der Waals surface area contributed by atoms with Crippen LogP contribution in [0.5, 0.6) is 0 Å². The van der Waals surface area contributed by atoms with E-state index in [0.717, 1.165) is 54.7 Å². The molecular weight excluding hydrogens is 354 g/mol. The van der Waals surface area contributed by atoms with Crippen molar-refractivity contribution in [2.75, 3.05) is 11.9 Å². The van der Waals surface area contributed by atoms with Gasteiger partial charge in [0.2, 0.25) is 5.95 Å². The van der Waals surface area contributed by atoms with E-state index in [2.05, 4.69) is 32.4 Å². The zero-order valence-corrected chi connectivity index (χ0v) is 15.8. The molecule has 8 heteroatoms.